The summed E-state index contributed by atoms with van der Waals surface area (Å²) in [4.78, 5) is 58.5. The molecule has 0 aliphatic carbocycles. The smallest absolute Gasteiger partial charge is 0.349 e. The number of nitrogens with zero attached hydrogens (tertiary/aromatic N) is 1. The molecule has 1 aliphatic rings. The van der Waals surface area contributed by atoms with Gasteiger partial charge in [-0.3, -0.25) is 4.79 Å². The highest BCUT2D eigenvalue weighted by molar-refractivity contribution is 6.05. The summed E-state index contributed by atoms with van der Waals surface area (Å²) in [5.74, 6) is -5.14. The lowest BCUT2D eigenvalue weighted by Gasteiger charge is -2.21. The molecule has 5 N–H and O–H groups in total. The fraction of sp³-hybridized carbons (Fsp3) is 0.226. The van der Waals surface area contributed by atoms with Gasteiger partial charge in [0, 0.05) is 18.0 Å². The van der Waals surface area contributed by atoms with Gasteiger partial charge in [-0.15, -0.1) is 0 Å². The van der Waals surface area contributed by atoms with Crippen LogP contribution in [0.3, 0.4) is 0 Å². The summed E-state index contributed by atoms with van der Waals surface area (Å²) >= 11 is 0. The number of nitrogens with one attached hydrogen (secondary N) is 1. The number of hydrogen-bond acceptors (Lipinski definition) is 10. The van der Waals surface area contributed by atoms with Crippen molar-refractivity contribution in [2.45, 2.75) is 32.5 Å². The van der Waals surface area contributed by atoms with Crippen LogP contribution >= 0.6 is 0 Å². The van der Waals surface area contributed by atoms with Crippen LogP contribution in [0.2, 0.25) is 0 Å². The molecule has 3 aromatic rings. The summed E-state index contributed by atoms with van der Waals surface area (Å²) in [5.41, 5.74) is 11.6. The number of aliphatic carboxylic acids is 2. The van der Waals surface area contributed by atoms with Crippen molar-refractivity contribution in [1.29, 1.82) is 0 Å². The normalized spacial score (nSPS) is 15.2. The standard InChI is InChI=1S/C20H18O9.C11H13N3O/c1-11-3-5-12(6-4-11)19(25)28-15(17(21)22)16(18(23)24)29-20(26)13-7-9-14(27-2)10-8-13;1-7-6-10(15)13-14-11(7)8-2-4-9(12)5-3-8/h3-10,15-16H,1-2H3,(H,21,22)(H,23,24);2-5,7H,6,12H2,1H3,(H,13,15)/t15-,16-;7-/m11/s1. The molecule has 0 fully saturated rings. The highest BCUT2D eigenvalue weighted by Crippen LogP contribution is 2.18. The van der Waals surface area contributed by atoms with Gasteiger partial charge in [-0.05, 0) is 61.0 Å². The number of hydrogen-bond donors (Lipinski definition) is 4. The molecule has 0 spiro atoms. The third-order valence-electron chi connectivity index (χ3n) is 6.31. The van der Waals surface area contributed by atoms with Crippen LogP contribution in [0.4, 0.5) is 5.69 Å². The largest absolute Gasteiger partial charge is 0.497 e. The number of benzene rings is 3. The molecule has 13 nitrogen and oxygen atoms in total. The maximum absolute atomic E-state index is 12.2. The summed E-state index contributed by atoms with van der Waals surface area (Å²) in [6.45, 7) is 3.78. The van der Waals surface area contributed by atoms with Gasteiger partial charge in [-0.25, -0.2) is 24.6 Å². The van der Waals surface area contributed by atoms with Crippen molar-refractivity contribution in [2.75, 3.05) is 12.8 Å². The predicted octanol–water partition coefficient (Wildman–Crippen LogP) is 3.05. The van der Waals surface area contributed by atoms with Crippen molar-refractivity contribution in [3.05, 3.63) is 95.1 Å². The maximum Gasteiger partial charge on any atom is 0.349 e. The second-order valence-electron chi connectivity index (χ2n) is 9.68. The molecular weight excluding hydrogens is 574 g/mol. The molecule has 0 bridgehead atoms. The van der Waals surface area contributed by atoms with E-state index in [9.17, 15) is 34.2 Å². The molecule has 0 saturated carbocycles. The molecule has 3 aromatic carbocycles. The molecule has 0 saturated heterocycles. The van der Waals surface area contributed by atoms with Gasteiger partial charge < -0.3 is 30.2 Å². The molecule has 13 heteroatoms. The Kier molecular flexibility index (Phi) is 11.1. The van der Waals surface area contributed by atoms with Gasteiger partial charge >= 0.3 is 23.9 Å². The zero-order valence-electron chi connectivity index (χ0n) is 24.1. The van der Waals surface area contributed by atoms with E-state index in [4.69, 9.17) is 19.9 Å². The van der Waals surface area contributed by atoms with E-state index in [1.807, 2.05) is 31.2 Å². The van der Waals surface area contributed by atoms with E-state index >= 15 is 0 Å². The van der Waals surface area contributed by atoms with Gasteiger partial charge in [0.15, 0.2) is 0 Å². The number of rotatable bonds is 9. The van der Waals surface area contributed by atoms with E-state index in [-0.39, 0.29) is 23.0 Å². The number of carbonyl (C=O) groups is 5. The average molecular weight is 606 g/mol. The Bertz CT molecular complexity index is 1530. The number of anilines is 1. The minimum atomic E-state index is -2.25. The van der Waals surface area contributed by atoms with Crippen LogP contribution in [0.25, 0.3) is 0 Å². The van der Waals surface area contributed by atoms with E-state index in [0.29, 0.717) is 12.2 Å². The van der Waals surface area contributed by atoms with Crippen molar-refractivity contribution in [1.82, 2.24) is 5.43 Å². The van der Waals surface area contributed by atoms with Crippen LogP contribution in [0, 0.1) is 12.8 Å². The van der Waals surface area contributed by atoms with Crippen molar-refractivity contribution >= 4 is 41.2 Å². The number of esters is 2. The number of ether oxygens (including phenoxy) is 3. The van der Waals surface area contributed by atoms with E-state index in [2.05, 4.69) is 10.5 Å². The Morgan fingerprint density at radius 1 is 0.841 bits per heavy atom. The van der Waals surface area contributed by atoms with Gasteiger partial charge in [0.1, 0.15) is 5.75 Å². The molecule has 0 unspecified atom stereocenters. The first-order valence-corrected chi connectivity index (χ1v) is 13.2. The molecule has 44 heavy (non-hydrogen) atoms. The SMILES string of the molecule is COc1ccc(C(=O)O[C@@H](C(=O)O)[C@@H](OC(=O)c2ccc(C)cc2)C(=O)O)cc1.C[C@@H]1CC(=O)NN=C1c1ccc(N)cc1. The lowest BCUT2D eigenvalue weighted by molar-refractivity contribution is -0.166. The molecular formula is C31H31N3O10. The topological polar surface area (TPSA) is 204 Å². The highest BCUT2D eigenvalue weighted by atomic mass is 16.6. The Labute approximate surface area is 252 Å². The van der Waals surface area contributed by atoms with Crippen molar-refractivity contribution in [2.24, 2.45) is 11.0 Å². The Hall–Kier alpha value is -5.72. The lowest BCUT2D eigenvalue weighted by Crippen LogP contribution is -2.45. The van der Waals surface area contributed by atoms with Gasteiger partial charge in [0.25, 0.3) is 0 Å². The van der Waals surface area contributed by atoms with Crippen LogP contribution in [-0.2, 0) is 23.9 Å². The third kappa shape index (κ3) is 8.89. The van der Waals surface area contributed by atoms with Crippen LogP contribution in [0.15, 0.2) is 77.9 Å². The average Bonchev–Trinajstić information content (AvgIpc) is 2.99. The number of nitrogens with two attached hydrogens (primary N) is 1. The van der Waals surface area contributed by atoms with E-state index in [1.165, 1.54) is 43.5 Å². The van der Waals surface area contributed by atoms with E-state index in [0.717, 1.165) is 22.5 Å². The second kappa shape index (κ2) is 15.0. The molecule has 1 aliphatic heterocycles. The number of hydrazone groups is 1. The first-order chi connectivity index (χ1) is 20.9. The summed E-state index contributed by atoms with van der Waals surface area (Å²) in [6, 6.07) is 19.0. The zero-order valence-corrected chi connectivity index (χ0v) is 24.1. The van der Waals surface area contributed by atoms with Crippen LogP contribution in [-0.4, -0.2) is 65.0 Å². The molecule has 4 rings (SSSR count). The summed E-state index contributed by atoms with van der Waals surface area (Å²) < 4.78 is 14.6. The van der Waals surface area contributed by atoms with Gasteiger partial charge in [0.05, 0.1) is 23.9 Å². The van der Waals surface area contributed by atoms with Crippen molar-refractivity contribution in [3.63, 3.8) is 0 Å². The molecule has 1 heterocycles. The number of aryl methyl sites for hydroxylation is 1. The molecule has 0 aromatic heterocycles. The Balaban J connectivity index is 0.000000293. The molecule has 230 valence electrons. The summed E-state index contributed by atoms with van der Waals surface area (Å²) in [6.07, 6.45) is -4.01. The summed E-state index contributed by atoms with van der Waals surface area (Å²) in [7, 11) is 1.42. The molecule has 1 amide bonds. The number of carboxylic acid groups (broad SMARTS) is 2. The van der Waals surface area contributed by atoms with E-state index in [1.54, 1.807) is 19.1 Å². The number of nitrogen functional groups attached to an aromatic ring is 1. The first-order valence-electron chi connectivity index (χ1n) is 13.2. The monoisotopic (exact) mass is 605 g/mol. The maximum atomic E-state index is 12.2. The lowest BCUT2D eigenvalue weighted by atomic mass is 9.94. The summed E-state index contributed by atoms with van der Waals surface area (Å²) in [5, 5.41) is 22.7. The highest BCUT2D eigenvalue weighted by Gasteiger charge is 2.41. The van der Waals surface area contributed by atoms with Crippen LogP contribution in [0.1, 0.15) is 45.2 Å². The minimum Gasteiger partial charge on any atom is -0.497 e. The van der Waals surface area contributed by atoms with Crippen LogP contribution in [0.5, 0.6) is 5.75 Å². The van der Waals surface area contributed by atoms with Crippen molar-refractivity contribution in [3.8, 4) is 5.75 Å². The van der Waals surface area contributed by atoms with Gasteiger partial charge in [0.2, 0.25) is 18.1 Å². The van der Waals surface area contributed by atoms with Gasteiger partial charge in [-0.1, -0.05) is 36.8 Å². The predicted molar refractivity (Wildman–Crippen MR) is 157 cm³/mol. The van der Waals surface area contributed by atoms with Crippen LogP contribution < -0.4 is 15.9 Å². The van der Waals surface area contributed by atoms with Gasteiger partial charge in [-0.2, -0.15) is 5.10 Å². The number of amides is 1. The molecule has 3 atom stereocenters. The number of carbonyl (C=O) groups excluding carboxylic acids is 3. The second-order valence-corrected chi connectivity index (χ2v) is 9.68. The van der Waals surface area contributed by atoms with E-state index < -0.39 is 36.1 Å². The number of carboxylic acids is 2. The van der Waals surface area contributed by atoms with Crippen molar-refractivity contribution < 1.29 is 48.4 Å². The third-order valence-corrected chi connectivity index (χ3v) is 6.31. The Morgan fingerprint density at radius 2 is 1.32 bits per heavy atom. The quantitative estimate of drug-likeness (QED) is 0.206. The zero-order chi connectivity index (χ0) is 32.4. The minimum absolute atomic E-state index is 0.0208. The fourth-order valence-electron chi connectivity index (χ4n) is 3.92. The Morgan fingerprint density at radius 3 is 1.75 bits per heavy atom. The number of methoxy groups -OCH3 is 1. The molecule has 0 radical (unpaired) electrons. The fourth-order valence-corrected chi connectivity index (χ4v) is 3.92. The first kappa shape index (κ1) is 32.8.